The van der Waals surface area contributed by atoms with Crippen LogP contribution in [0.5, 0.6) is 17.2 Å². The Bertz CT molecular complexity index is 1180. The van der Waals surface area contributed by atoms with Crippen LogP contribution in [0.3, 0.4) is 0 Å². The van der Waals surface area contributed by atoms with E-state index in [-0.39, 0.29) is 29.1 Å². The minimum Gasteiger partial charge on any atom is -0.479 e. The molecule has 0 aliphatic heterocycles. The average Bonchev–Trinajstić information content (AvgIpc) is 2.73. The molecule has 6 nitrogen and oxygen atoms in total. The van der Waals surface area contributed by atoms with Gasteiger partial charge in [0.15, 0.2) is 6.10 Å². The second-order valence-electron chi connectivity index (χ2n) is 7.09. The second-order valence-corrected chi connectivity index (χ2v) is 7.09. The number of carbonyl (C=O) groups excluding carboxylic acids is 1. The van der Waals surface area contributed by atoms with Crippen LogP contribution in [0.25, 0.3) is 11.0 Å². The molecule has 0 saturated heterocycles. The molecule has 0 amide bonds. The van der Waals surface area contributed by atoms with Gasteiger partial charge in [-0.1, -0.05) is 19.1 Å². The Morgan fingerprint density at radius 1 is 1.12 bits per heavy atom. The van der Waals surface area contributed by atoms with Crippen LogP contribution in [0.1, 0.15) is 31.6 Å². The summed E-state index contributed by atoms with van der Waals surface area (Å²) in [6.45, 7) is 5.23. The van der Waals surface area contributed by atoms with Crippen LogP contribution < -0.4 is 14.9 Å². The Kier molecular flexibility index (Phi) is 6.76. The fraction of sp³-hybridized carbons (Fsp3) is 0.304. The number of alkyl halides is 3. The molecule has 9 heteroatoms. The Balaban J connectivity index is 2.01. The number of aryl methyl sites for hydroxylation is 1. The predicted octanol–water partition coefficient (Wildman–Crippen LogP) is 5.63. The van der Waals surface area contributed by atoms with E-state index >= 15 is 0 Å². The molecule has 0 N–H and O–H groups in total. The summed E-state index contributed by atoms with van der Waals surface area (Å²) in [6.07, 6.45) is -5.36. The Hall–Kier alpha value is -3.49. The van der Waals surface area contributed by atoms with Crippen LogP contribution >= 0.6 is 0 Å². The molecule has 32 heavy (non-hydrogen) atoms. The molecular formula is C23H21F3O6. The van der Waals surface area contributed by atoms with E-state index in [4.69, 9.17) is 18.6 Å². The van der Waals surface area contributed by atoms with Gasteiger partial charge in [-0.15, -0.1) is 0 Å². The lowest BCUT2D eigenvalue weighted by molar-refractivity contribution is -0.154. The molecule has 3 aromatic rings. The SMILES string of the molecule is CCCOC(=O)[C@H](C)Oc1ccc2c(=O)c(Oc3cccc(C)c3)c(C(F)(F)F)oc2c1. The van der Waals surface area contributed by atoms with E-state index in [0.29, 0.717) is 6.42 Å². The molecule has 0 unspecified atom stereocenters. The van der Waals surface area contributed by atoms with E-state index in [1.807, 2.05) is 6.92 Å². The molecule has 0 spiro atoms. The number of carbonyl (C=O) groups is 1. The van der Waals surface area contributed by atoms with Crippen molar-refractivity contribution in [3.8, 4) is 17.2 Å². The van der Waals surface area contributed by atoms with Crippen molar-refractivity contribution in [2.45, 2.75) is 39.5 Å². The Labute approximate surface area is 181 Å². The van der Waals surface area contributed by atoms with Crippen molar-refractivity contribution in [1.29, 1.82) is 0 Å². The van der Waals surface area contributed by atoms with Gasteiger partial charge >= 0.3 is 12.1 Å². The standard InChI is InChI=1S/C23H21F3O6/c1-4-10-29-22(28)14(3)30-16-8-9-17-18(12-16)32-21(23(24,25)26)20(19(17)27)31-15-7-5-6-13(2)11-15/h5-9,11-12,14H,4,10H2,1-3H3/t14-/m0/s1. The van der Waals surface area contributed by atoms with Gasteiger partial charge < -0.3 is 18.6 Å². The summed E-state index contributed by atoms with van der Waals surface area (Å²) < 4.78 is 61.8. The molecule has 3 rings (SSSR count). The van der Waals surface area contributed by atoms with E-state index in [0.717, 1.165) is 11.6 Å². The van der Waals surface area contributed by atoms with E-state index in [1.165, 1.54) is 31.2 Å². The maximum absolute atomic E-state index is 13.7. The lowest BCUT2D eigenvalue weighted by Crippen LogP contribution is -2.26. The summed E-state index contributed by atoms with van der Waals surface area (Å²) in [7, 11) is 0. The highest BCUT2D eigenvalue weighted by Gasteiger charge is 2.40. The number of fused-ring (bicyclic) bond motifs is 1. The van der Waals surface area contributed by atoms with Crippen LogP contribution in [0.2, 0.25) is 0 Å². The molecule has 1 aromatic heterocycles. The molecule has 1 heterocycles. The third kappa shape index (κ3) is 5.22. The molecular weight excluding hydrogens is 429 g/mol. The zero-order valence-corrected chi connectivity index (χ0v) is 17.6. The lowest BCUT2D eigenvalue weighted by Gasteiger charge is -2.15. The number of halogens is 3. The van der Waals surface area contributed by atoms with E-state index in [9.17, 15) is 22.8 Å². The quantitative estimate of drug-likeness (QED) is 0.434. The molecule has 170 valence electrons. The second kappa shape index (κ2) is 9.33. The van der Waals surface area contributed by atoms with Gasteiger partial charge in [0, 0.05) is 6.07 Å². The highest BCUT2D eigenvalue weighted by atomic mass is 19.4. The molecule has 0 aliphatic carbocycles. The van der Waals surface area contributed by atoms with Crippen LogP contribution in [0.15, 0.2) is 51.7 Å². The fourth-order valence-electron chi connectivity index (χ4n) is 2.88. The van der Waals surface area contributed by atoms with Crippen molar-refractivity contribution >= 4 is 16.9 Å². The molecule has 0 aliphatic rings. The Morgan fingerprint density at radius 2 is 1.88 bits per heavy atom. The minimum atomic E-state index is -4.99. The summed E-state index contributed by atoms with van der Waals surface area (Å²) in [4.78, 5) is 24.7. The molecule has 0 radical (unpaired) electrons. The highest BCUT2D eigenvalue weighted by molar-refractivity contribution is 5.80. The summed E-state index contributed by atoms with van der Waals surface area (Å²) in [5, 5.41) is -0.130. The number of hydrogen-bond donors (Lipinski definition) is 0. The van der Waals surface area contributed by atoms with Crippen LogP contribution in [-0.4, -0.2) is 18.7 Å². The first-order chi connectivity index (χ1) is 15.1. The molecule has 0 fully saturated rings. The number of hydrogen-bond acceptors (Lipinski definition) is 6. The number of rotatable bonds is 7. The van der Waals surface area contributed by atoms with Crippen molar-refractivity contribution in [2.75, 3.05) is 6.61 Å². The van der Waals surface area contributed by atoms with Crippen molar-refractivity contribution in [3.63, 3.8) is 0 Å². The third-order valence-corrected chi connectivity index (χ3v) is 4.38. The van der Waals surface area contributed by atoms with E-state index in [1.54, 1.807) is 19.1 Å². The highest BCUT2D eigenvalue weighted by Crippen LogP contribution is 2.38. The van der Waals surface area contributed by atoms with E-state index in [2.05, 4.69) is 0 Å². The molecule has 2 aromatic carbocycles. The Morgan fingerprint density at radius 3 is 2.53 bits per heavy atom. The van der Waals surface area contributed by atoms with Crippen LogP contribution in [0.4, 0.5) is 13.2 Å². The minimum absolute atomic E-state index is 0.0436. The van der Waals surface area contributed by atoms with Crippen LogP contribution in [-0.2, 0) is 15.7 Å². The monoisotopic (exact) mass is 450 g/mol. The molecule has 1 atom stereocenters. The van der Waals surface area contributed by atoms with Gasteiger partial charge in [0.05, 0.1) is 12.0 Å². The molecule has 0 bridgehead atoms. The normalized spacial score (nSPS) is 12.4. The summed E-state index contributed by atoms with van der Waals surface area (Å²) >= 11 is 0. The average molecular weight is 450 g/mol. The third-order valence-electron chi connectivity index (χ3n) is 4.38. The number of benzene rings is 2. The maximum Gasteiger partial charge on any atom is 0.453 e. The van der Waals surface area contributed by atoms with Gasteiger partial charge in [-0.2, -0.15) is 13.2 Å². The van der Waals surface area contributed by atoms with Crippen molar-refractivity contribution in [1.82, 2.24) is 0 Å². The van der Waals surface area contributed by atoms with E-state index < -0.39 is 35.2 Å². The van der Waals surface area contributed by atoms with Gasteiger partial charge in [0.25, 0.3) is 5.76 Å². The van der Waals surface area contributed by atoms with Gasteiger partial charge in [0.1, 0.15) is 17.1 Å². The summed E-state index contributed by atoms with van der Waals surface area (Å²) in [5.41, 5.74) is -0.595. The topological polar surface area (TPSA) is 75.0 Å². The maximum atomic E-state index is 13.7. The zero-order valence-electron chi connectivity index (χ0n) is 17.6. The predicted molar refractivity (Wildman–Crippen MR) is 110 cm³/mol. The lowest BCUT2D eigenvalue weighted by atomic mass is 10.2. The smallest absolute Gasteiger partial charge is 0.453 e. The molecule has 0 saturated carbocycles. The van der Waals surface area contributed by atoms with Crippen molar-refractivity contribution < 1.29 is 36.6 Å². The zero-order chi connectivity index (χ0) is 23.5. The van der Waals surface area contributed by atoms with Gasteiger partial charge in [-0.05, 0) is 50.1 Å². The first kappa shape index (κ1) is 23.2. The van der Waals surface area contributed by atoms with Gasteiger partial charge in [0.2, 0.25) is 11.2 Å². The first-order valence-electron chi connectivity index (χ1n) is 9.86. The largest absolute Gasteiger partial charge is 0.479 e. The van der Waals surface area contributed by atoms with Crippen LogP contribution in [0, 0.1) is 6.92 Å². The fourth-order valence-corrected chi connectivity index (χ4v) is 2.88. The summed E-state index contributed by atoms with van der Waals surface area (Å²) in [6, 6.07) is 9.99. The van der Waals surface area contributed by atoms with Crippen molar-refractivity contribution in [3.05, 3.63) is 64.0 Å². The summed E-state index contributed by atoms with van der Waals surface area (Å²) in [5.74, 6) is -3.03. The number of ether oxygens (including phenoxy) is 3. The van der Waals surface area contributed by atoms with Gasteiger partial charge in [-0.3, -0.25) is 4.79 Å². The van der Waals surface area contributed by atoms with Gasteiger partial charge in [-0.25, -0.2) is 4.79 Å². The van der Waals surface area contributed by atoms with Crippen molar-refractivity contribution in [2.24, 2.45) is 0 Å². The first-order valence-corrected chi connectivity index (χ1v) is 9.86. The number of esters is 1.